The van der Waals surface area contributed by atoms with E-state index < -0.39 is 11.8 Å². The van der Waals surface area contributed by atoms with Gasteiger partial charge in [0.25, 0.3) is 0 Å². The number of carbonyl (C=O) groups excluding carboxylic acids is 2. The van der Waals surface area contributed by atoms with Crippen LogP contribution in [0.15, 0.2) is 29.4 Å². The highest BCUT2D eigenvalue weighted by Crippen LogP contribution is 2.17. The summed E-state index contributed by atoms with van der Waals surface area (Å²) in [5.41, 5.74) is 5.10. The lowest BCUT2D eigenvalue weighted by molar-refractivity contribution is -0.136. The molecule has 1 saturated carbocycles. The zero-order valence-corrected chi connectivity index (χ0v) is 13.2. The molecule has 0 saturated heterocycles. The minimum Gasteiger partial charge on any atom is -0.318 e. The topological polar surface area (TPSA) is 70.6 Å². The highest BCUT2D eigenvalue weighted by molar-refractivity contribution is 6.39. The van der Waals surface area contributed by atoms with E-state index in [1.807, 2.05) is 12.1 Å². The van der Waals surface area contributed by atoms with Crippen LogP contribution in [0.5, 0.6) is 0 Å². The Morgan fingerprint density at radius 1 is 1.00 bits per heavy atom. The van der Waals surface area contributed by atoms with Crippen LogP contribution in [-0.2, 0) is 9.59 Å². The fourth-order valence-electron chi connectivity index (χ4n) is 2.39. The highest BCUT2D eigenvalue weighted by Gasteiger charge is 2.14. The molecule has 1 fully saturated rings. The number of benzene rings is 1. The lowest BCUT2D eigenvalue weighted by atomic mass is 9.99. The second-order valence-corrected chi connectivity index (χ2v) is 5.91. The molecule has 0 heterocycles. The molecular formula is C17H23N3O2. The maximum absolute atomic E-state index is 11.8. The number of hydrogen-bond donors (Lipinski definition) is 2. The van der Waals surface area contributed by atoms with Gasteiger partial charge in [-0.3, -0.25) is 9.59 Å². The maximum atomic E-state index is 11.8. The SMILES string of the molecule is CC(C)c1ccc(NC(=O)C(=O)NN=C2CCCCC2)cc1. The van der Waals surface area contributed by atoms with Crippen molar-refractivity contribution in [1.29, 1.82) is 0 Å². The number of rotatable bonds is 3. The Hall–Kier alpha value is -2.17. The predicted octanol–water partition coefficient (Wildman–Crippen LogP) is 3.18. The Bertz CT molecular complexity index is 554. The zero-order valence-electron chi connectivity index (χ0n) is 13.2. The normalized spacial score (nSPS) is 14.6. The molecule has 1 aliphatic carbocycles. The van der Waals surface area contributed by atoms with Crippen molar-refractivity contribution in [3.63, 3.8) is 0 Å². The molecule has 5 nitrogen and oxygen atoms in total. The first-order chi connectivity index (χ1) is 10.6. The minimum absolute atomic E-state index is 0.430. The monoisotopic (exact) mass is 301 g/mol. The van der Waals surface area contributed by atoms with Crippen molar-refractivity contribution >= 4 is 23.2 Å². The summed E-state index contributed by atoms with van der Waals surface area (Å²) in [6.07, 6.45) is 5.21. The van der Waals surface area contributed by atoms with E-state index in [1.165, 1.54) is 12.0 Å². The van der Waals surface area contributed by atoms with Gasteiger partial charge in [0.1, 0.15) is 0 Å². The molecule has 1 aliphatic rings. The average Bonchev–Trinajstić information content (AvgIpc) is 2.54. The highest BCUT2D eigenvalue weighted by atomic mass is 16.2. The number of hydrazone groups is 1. The van der Waals surface area contributed by atoms with Crippen LogP contribution in [-0.4, -0.2) is 17.5 Å². The summed E-state index contributed by atoms with van der Waals surface area (Å²) in [6, 6.07) is 7.49. The first-order valence-electron chi connectivity index (χ1n) is 7.83. The van der Waals surface area contributed by atoms with Crippen molar-refractivity contribution in [3.05, 3.63) is 29.8 Å². The molecule has 2 amide bonds. The first-order valence-corrected chi connectivity index (χ1v) is 7.83. The molecule has 2 N–H and O–H groups in total. The van der Waals surface area contributed by atoms with E-state index in [2.05, 4.69) is 29.7 Å². The third-order valence-electron chi connectivity index (χ3n) is 3.79. The van der Waals surface area contributed by atoms with Crippen LogP contribution in [0.2, 0.25) is 0 Å². The molecule has 118 valence electrons. The molecular weight excluding hydrogens is 278 g/mol. The molecule has 0 spiro atoms. The van der Waals surface area contributed by atoms with Crippen molar-refractivity contribution < 1.29 is 9.59 Å². The van der Waals surface area contributed by atoms with Crippen molar-refractivity contribution in [2.45, 2.75) is 51.9 Å². The third kappa shape index (κ3) is 4.69. The minimum atomic E-state index is -0.731. The molecule has 0 aliphatic heterocycles. The van der Waals surface area contributed by atoms with Crippen LogP contribution < -0.4 is 10.7 Å². The van der Waals surface area contributed by atoms with Crippen LogP contribution >= 0.6 is 0 Å². The summed E-state index contributed by atoms with van der Waals surface area (Å²) in [5.74, 6) is -0.997. The van der Waals surface area contributed by atoms with Crippen molar-refractivity contribution in [3.8, 4) is 0 Å². The summed E-state index contributed by atoms with van der Waals surface area (Å²) in [7, 11) is 0. The standard InChI is InChI=1S/C17H23N3O2/c1-12(2)13-8-10-14(11-9-13)18-16(21)17(22)20-19-15-6-4-3-5-7-15/h8-12H,3-7H2,1-2H3,(H,18,21)(H,20,22). The van der Waals surface area contributed by atoms with Crippen LogP contribution in [0.4, 0.5) is 5.69 Å². The molecule has 5 heteroatoms. The smallest absolute Gasteiger partial charge is 0.318 e. The summed E-state index contributed by atoms with van der Waals surface area (Å²) in [6.45, 7) is 4.21. The largest absolute Gasteiger partial charge is 0.329 e. The van der Waals surface area contributed by atoms with Crippen LogP contribution in [0.3, 0.4) is 0 Å². The van der Waals surface area contributed by atoms with E-state index >= 15 is 0 Å². The first kappa shape index (κ1) is 16.2. The fraction of sp³-hybridized carbons (Fsp3) is 0.471. The Morgan fingerprint density at radius 3 is 2.23 bits per heavy atom. The Labute approximate surface area is 131 Å². The zero-order chi connectivity index (χ0) is 15.9. The average molecular weight is 301 g/mol. The lowest BCUT2D eigenvalue weighted by Gasteiger charge is -2.12. The van der Waals surface area contributed by atoms with E-state index in [-0.39, 0.29) is 0 Å². The van der Waals surface area contributed by atoms with E-state index in [0.717, 1.165) is 31.4 Å². The lowest BCUT2D eigenvalue weighted by Crippen LogP contribution is -2.33. The fourth-order valence-corrected chi connectivity index (χ4v) is 2.39. The van der Waals surface area contributed by atoms with E-state index in [9.17, 15) is 9.59 Å². The van der Waals surface area contributed by atoms with Crippen LogP contribution in [0.25, 0.3) is 0 Å². The summed E-state index contributed by atoms with van der Waals surface area (Å²) >= 11 is 0. The van der Waals surface area contributed by atoms with Gasteiger partial charge in [-0.25, -0.2) is 5.43 Å². The summed E-state index contributed by atoms with van der Waals surface area (Å²) < 4.78 is 0. The van der Waals surface area contributed by atoms with Gasteiger partial charge in [0.2, 0.25) is 0 Å². The summed E-state index contributed by atoms with van der Waals surface area (Å²) in [5, 5.41) is 6.61. The van der Waals surface area contributed by atoms with Gasteiger partial charge in [0.05, 0.1) is 0 Å². The quantitative estimate of drug-likeness (QED) is 0.665. The molecule has 0 radical (unpaired) electrons. The van der Waals surface area contributed by atoms with Gasteiger partial charge >= 0.3 is 11.8 Å². The number of amides is 2. The molecule has 2 rings (SSSR count). The number of nitrogens with one attached hydrogen (secondary N) is 2. The predicted molar refractivity (Wildman–Crippen MR) is 87.8 cm³/mol. The molecule has 0 aromatic heterocycles. The van der Waals surface area contributed by atoms with Gasteiger partial charge in [0.15, 0.2) is 0 Å². The maximum Gasteiger partial charge on any atom is 0.329 e. The van der Waals surface area contributed by atoms with Gasteiger partial charge in [0, 0.05) is 11.4 Å². The molecule has 1 aromatic carbocycles. The van der Waals surface area contributed by atoms with Gasteiger partial charge in [-0.1, -0.05) is 32.4 Å². The third-order valence-corrected chi connectivity index (χ3v) is 3.79. The molecule has 22 heavy (non-hydrogen) atoms. The number of hydrogen-bond acceptors (Lipinski definition) is 3. The van der Waals surface area contributed by atoms with Gasteiger partial charge in [-0.05, 0) is 49.3 Å². The molecule has 0 atom stereocenters. The number of carbonyl (C=O) groups is 2. The Balaban J connectivity index is 1.86. The van der Waals surface area contributed by atoms with E-state index in [0.29, 0.717) is 11.6 Å². The van der Waals surface area contributed by atoms with E-state index in [1.54, 1.807) is 12.1 Å². The van der Waals surface area contributed by atoms with Gasteiger partial charge in [-0.2, -0.15) is 5.10 Å². The second kappa shape index (κ2) is 7.73. The van der Waals surface area contributed by atoms with Gasteiger partial charge < -0.3 is 5.32 Å². The molecule has 1 aromatic rings. The number of nitrogens with zero attached hydrogens (tertiary/aromatic N) is 1. The second-order valence-electron chi connectivity index (χ2n) is 5.91. The van der Waals surface area contributed by atoms with Crippen molar-refractivity contribution in [1.82, 2.24) is 5.43 Å². The van der Waals surface area contributed by atoms with Crippen molar-refractivity contribution in [2.75, 3.05) is 5.32 Å². The summed E-state index contributed by atoms with van der Waals surface area (Å²) in [4.78, 5) is 23.5. The Morgan fingerprint density at radius 2 is 1.64 bits per heavy atom. The van der Waals surface area contributed by atoms with Crippen molar-refractivity contribution in [2.24, 2.45) is 5.10 Å². The molecule has 0 unspecified atom stereocenters. The molecule has 0 bridgehead atoms. The van der Waals surface area contributed by atoms with Gasteiger partial charge in [-0.15, -0.1) is 0 Å². The van der Waals surface area contributed by atoms with Crippen LogP contribution in [0, 0.1) is 0 Å². The van der Waals surface area contributed by atoms with E-state index in [4.69, 9.17) is 0 Å². The number of anilines is 1. The van der Waals surface area contributed by atoms with Crippen LogP contribution in [0.1, 0.15) is 57.4 Å². The Kier molecular flexibility index (Phi) is 5.69.